The number of hydrogen-bond donors (Lipinski definition) is 1. The maximum Gasteiger partial charge on any atom is 0.0987 e. The van der Waals surface area contributed by atoms with Crippen molar-refractivity contribution in [2.24, 2.45) is 5.18 Å². The molecule has 0 aliphatic heterocycles. The third-order valence-corrected chi connectivity index (χ3v) is 1.14. The Morgan fingerprint density at radius 2 is 2.12 bits per heavy atom. The van der Waals surface area contributed by atoms with E-state index >= 15 is 0 Å². The fourth-order valence-corrected chi connectivity index (χ4v) is 0.240. The van der Waals surface area contributed by atoms with Gasteiger partial charge in [-0.15, -0.1) is 0 Å². The lowest BCUT2D eigenvalue weighted by Crippen LogP contribution is -2.38. The number of nitrogens with zero attached hydrogens (tertiary/aromatic N) is 1. The van der Waals surface area contributed by atoms with E-state index in [2.05, 4.69) is 10.5 Å². The molecular formula is C5H12N2O. The first-order valence-electron chi connectivity index (χ1n) is 2.60. The van der Waals surface area contributed by atoms with E-state index < -0.39 is 0 Å². The highest BCUT2D eigenvalue weighted by Gasteiger charge is 2.13. The van der Waals surface area contributed by atoms with Crippen molar-refractivity contribution in [1.29, 1.82) is 0 Å². The van der Waals surface area contributed by atoms with Crippen molar-refractivity contribution < 1.29 is 0 Å². The summed E-state index contributed by atoms with van der Waals surface area (Å²) in [6.07, 6.45) is 0. The van der Waals surface area contributed by atoms with Crippen molar-refractivity contribution in [2.75, 3.05) is 13.6 Å². The van der Waals surface area contributed by atoms with Gasteiger partial charge in [-0.05, 0) is 20.9 Å². The second-order valence-corrected chi connectivity index (χ2v) is 2.42. The second kappa shape index (κ2) is 2.77. The van der Waals surface area contributed by atoms with Gasteiger partial charge in [0.2, 0.25) is 0 Å². The van der Waals surface area contributed by atoms with Crippen LogP contribution in [0.15, 0.2) is 5.18 Å². The molecule has 0 aliphatic carbocycles. The molecule has 8 heavy (non-hydrogen) atoms. The van der Waals surface area contributed by atoms with E-state index in [4.69, 9.17) is 0 Å². The van der Waals surface area contributed by atoms with Crippen LogP contribution in [0.25, 0.3) is 0 Å². The minimum atomic E-state index is -0.137. The molecule has 0 unspecified atom stereocenters. The quantitative estimate of drug-likeness (QED) is 0.553. The van der Waals surface area contributed by atoms with E-state index in [0.717, 1.165) is 0 Å². The molecule has 0 aliphatic rings. The van der Waals surface area contributed by atoms with Crippen molar-refractivity contribution in [2.45, 2.75) is 19.4 Å². The van der Waals surface area contributed by atoms with E-state index in [1.807, 2.05) is 20.9 Å². The van der Waals surface area contributed by atoms with E-state index in [1.165, 1.54) is 0 Å². The van der Waals surface area contributed by atoms with Crippen LogP contribution in [0, 0.1) is 4.91 Å². The smallest absolute Gasteiger partial charge is 0.0987 e. The van der Waals surface area contributed by atoms with Crippen molar-refractivity contribution in [1.82, 2.24) is 5.32 Å². The summed E-state index contributed by atoms with van der Waals surface area (Å²) in [5.74, 6) is 0. The van der Waals surface area contributed by atoms with E-state index in [9.17, 15) is 4.91 Å². The van der Waals surface area contributed by atoms with Crippen LogP contribution in [-0.4, -0.2) is 19.1 Å². The van der Waals surface area contributed by atoms with Gasteiger partial charge in [-0.3, -0.25) is 0 Å². The SMILES string of the molecule is CNC(C)(C)CN=O. The molecule has 0 spiro atoms. The Morgan fingerprint density at radius 1 is 1.62 bits per heavy atom. The highest BCUT2D eigenvalue weighted by atomic mass is 16.3. The first-order chi connectivity index (χ1) is 3.62. The van der Waals surface area contributed by atoms with Crippen LogP contribution in [0.2, 0.25) is 0 Å². The molecule has 0 aromatic rings. The Hall–Kier alpha value is -0.440. The van der Waals surface area contributed by atoms with Gasteiger partial charge < -0.3 is 5.32 Å². The summed E-state index contributed by atoms with van der Waals surface area (Å²) in [4.78, 5) is 9.69. The summed E-state index contributed by atoms with van der Waals surface area (Å²) >= 11 is 0. The number of nitroso groups, excluding NO2 is 1. The van der Waals surface area contributed by atoms with Gasteiger partial charge in [-0.2, -0.15) is 4.91 Å². The van der Waals surface area contributed by atoms with Crippen LogP contribution in [0.5, 0.6) is 0 Å². The topological polar surface area (TPSA) is 41.5 Å². The Kier molecular flexibility index (Phi) is 2.62. The second-order valence-electron chi connectivity index (χ2n) is 2.42. The van der Waals surface area contributed by atoms with Gasteiger partial charge in [0.25, 0.3) is 0 Å². The Morgan fingerprint density at radius 3 is 2.25 bits per heavy atom. The molecule has 1 N–H and O–H groups in total. The monoisotopic (exact) mass is 116 g/mol. The molecule has 0 amide bonds. The zero-order chi connectivity index (χ0) is 6.62. The largest absolute Gasteiger partial charge is 0.313 e. The number of hydrogen-bond acceptors (Lipinski definition) is 3. The van der Waals surface area contributed by atoms with Crippen LogP contribution >= 0.6 is 0 Å². The van der Waals surface area contributed by atoms with E-state index in [1.54, 1.807) is 0 Å². The molecule has 0 atom stereocenters. The predicted octanol–water partition coefficient (Wildman–Crippen LogP) is 0.751. The summed E-state index contributed by atoms with van der Waals surface area (Å²) in [5.41, 5.74) is -0.137. The lowest BCUT2D eigenvalue weighted by Gasteiger charge is -2.18. The van der Waals surface area contributed by atoms with Crippen molar-refractivity contribution in [3.63, 3.8) is 0 Å². The average molecular weight is 116 g/mol. The molecule has 3 nitrogen and oxygen atoms in total. The van der Waals surface area contributed by atoms with Gasteiger partial charge in [-0.1, -0.05) is 5.18 Å². The molecular weight excluding hydrogens is 104 g/mol. The predicted molar refractivity (Wildman–Crippen MR) is 33.8 cm³/mol. The lowest BCUT2D eigenvalue weighted by molar-refractivity contribution is 0.436. The summed E-state index contributed by atoms with van der Waals surface area (Å²) < 4.78 is 0. The van der Waals surface area contributed by atoms with Crippen LogP contribution < -0.4 is 5.32 Å². The molecule has 0 saturated carbocycles. The summed E-state index contributed by atoms with van der Waals surface area (Å²) in [5, 5.41) is 5.71. The van der Waals surface area contributed by atoms with Crippen molar-refractivity contribution in [3.8, 4) is 0 Å². The summed E-state index contributed by atoms with van der Waals surface area (Å²) in [6, 6.07) is 0. The minimum absolute atomic E-state index is 0.137. The Balaban J connectivity index is 3.53. The van der Waals surface area contributed by atoms with Gasteiger partial charge >= 0.3 is 0 Å². The Labute approximate surface area is 49.4 Å². The fraction of sp³-hybridized carbons (Fsp3) is 1.00. The Bertz CT molecular complexity index is 80.5. The maximum atomic E-state index is 9.69. The molecule has 0 rings (SSSR count). The highest BCUT2D eigenvalue weighted by molar-refractivity contribution is 4.76. The third-order valence-electron chi connectivity index (χ3n) is 1.14. The first kappa shape index (κ1) is 7.56. The average Bonchev–Trinajstić information content (AvgIpc) is 1.67. The van der Waals surface area contributed by atoms with Gasteiger partial charge in [0.05, 0.1) is 6.54 Å². The zero-order valence-electron chi connectivity index (χ0n) is 5.56. The van der Waals surface area contributed by atoms with E-state index in [0.29, 0.717) is 6.54 Å². The zero-order valence-corrected chi connectivity index (χ0v) is 5.56. The molecule has 0 fully saturated rings. The van der Waals surface area contributed by atoms with Crippen LogP contribution in [0.1, 0.15) is 13.8 Å². The van der Waals surface area contributed by atoms with E-state index in [-0.39, 0.29) is 5.54 Å². The molecule has 0 aromatic heterocycles. The summed E-state index contributed by atoms with van der Waals surface area (Å²) in [6.45, 7) is 4.17. The molecule has 0 heterocycles. The molecule has 0 saturated heterocycles. The normalized spacial score (nSPS) is 11.4. The number of rotatable bonds is 3. The van der Waals surface area contributed by atoms with Gasteiger partial charge in [0.15, 0.2) is 0 Å². The molecule has 0 aromatic carbocycles. The van der Waals surface area contributed by atoms with Crippen LogP contribution in [0.3, 0.4) is 0 Å². The third kappa shape index (κ3) is 2.69. The van der Waals surface area contributed by atoms with Gasteiger partial charge in [0.1, 0.15) is 0 Å². The van der Waals surface area contributed by atoms with Crippen LogP contribution in [0.4, 0.5) is 0 Å². The molecule has 3 heteroatoms. The molecule has 0 bridgehead atoms. The summed E-state index contributed by atoms with van der Waals surface area (Å²) in [7, 11) is 1.81. The van der Waals surface area contributed by atoms with Crippen molar-refractivity contribution in [3.05, 3.63) is 4.91 Å². The minimum Gasteiger partial charge on any atom is -0.313 e. The fourth-order valence-electron chi connectivity index (χ4n) is 0.240. The number of nitrogens with one attached hydrogen (secondary N) is 1. The lowest BCUT2D eigenvalue weighted by atomic mass is 10.1. The van der Waals surface area contributed by atoms with Gasteiger partial charge in [-0.25, -0.2) is 0 Å². The first-order valence-corrected chi connectivity index (χ1v) is 2.60. The standard InChI is InChI=1S/C5H12N2O/c1-5(2,6-3)4-7-8/h6H,4H2,1-3H3. The maximum absolute atomic E-state index is 9.69. The van der Waals surface area contributed by atoms with Crippen LogP contribution in [-0.2, 0) is 0 Å². The van der Waals surface area contributed by atoms with Gasteiger partial charge in [0, 0.05) is 5.54 Å². The number of likely N-dealkylation sites (N-methyl/N-ethyl adjacent to an activating group) is 1. The molecule has 48 valence electrons. The van der Waals surface area contributed by atoms with Crippen molar-refractivity contribution >= 4 is 0 Å². The molecule has 0 radical (unpaired) electrons. The highest BCUT2D eigenvalue weighted by Crippen LogP contribution is 1.99.